The van der Waals surface area contributed by atoms with Crippen LogP contribution in [0.1, 0.15) is 11.6 Å². The smallest absolute Gasteiger partial charge is 0.246 e. The van der Waals surface area contributed by atoms with Crippen molar-refractivity contribution in [1.29, 1.82) is 0 Å². The van der Waals surface area contributed by atoms with Crippen LogP contribution in [0.5, 0.6) is 11.5 Å². The molecule has 4 nitrogen and oxygen atoms in total. The summed E-state index contributed by atoms with van der Waals surface area (Å²) in [7, 11) is 1.72. The lowest BCUT2D eigenvalue weighted by atomic mass is 10.1. The first kappa shape index (κ1) is 14.0. The number of hydrogen-bond acceptors (Lipinski definition) is 3. The summed E-state index contributed by atoms with van der Waals surface area (Å²) in [5, 5.41) is 5.71. The van der Waals surface area contributed by atoms with Gasteiger partial charge in [0.15, 0.2) is 11.6 Å². The van der Waals surface area contributed by atoms with E-state index < -0.39 is 5.82 Å². The van der Waals surface area contributed by atoms with Gasteiger partial charge in [-0.25, -0.2) is 4.39 Å². The molecule has 0 bridgehead atoms. The highest BCUT2D eigenvalue weighted by Gasteiger charge is 2.30. The Morgan fingerprint density at radius 1 is 1.29 bits per heavy atom. The summed E-state index contributed by atoms with van der Waals surface area (Å²) >= 11 is 3.39. The molecule has 0 aromatic heterocycles. The fourth-order valence-corrected chi connectivity index (χ4v) is 2.71. The maximum atomic E-state index is 13.6. The molecule has 2 aromatic rings. The van der Waals surface area contributed by atoms with Crippen LogP contribution in [0.25, 0.3) is 0 Å². The molecule has 0 aliphatic carbocycles. The number of fused-ring (bicyclic) bond motifs is 1. The monoisotopic (exact) mass is 350 g/mol. The number of ether oxygens (including phenoxy) is 1. The summed E-state index contributed by atoms with van der Waals surface area (Å²) in [6.07, 6.45) is 0. The van der Waals surface area contributed by atoms with Crippen LogP contribution in [0.3, 0.4) is 0 Å². The number of hydrogen-bond donors (Lipinski definition) is 2. The molecule has 0 spiro atoms. The van der Waals surface area contributed by atoms with E-state index in [0.717, 1.165) is 5.56 Å². The number of carbonyl (C=O) groups is 1. The molecule has 0 saturated carbocycles. The van der Waals surface area contributed by atoms with E-state index >= 15 is 0 Å². The van der Waals surface area contributed by atoms with Gasteiger partial charge in [-0.2, -0.15) is 0 Å². The Kier molecular flexibility index (Phi) is 3.65. The highest BCUT2D eigenvalue weighted by atomic mass is 79.9. The number of nitrogens with one attached hydrogen (secondary N) is 2. The second kappa shape index (κ2) is 5.46. The normalized spacial score (nSPS) is 16.5. The molecule has 108 valence electrons. The van der Waals surface area contributed by atoms with Crippen molar-refractivity contribution in [2.45, 2.75) is 6.04 Å². The number of likely N-dealkylation sites (N-methyl/N-ethyl adjacent to an activating group) is 1. The van der Waals surface area contributed by atoms with Crippen molar-refractivity contribution in [2.75, 3.05) is 12.4 Å². The lowest BCUT2D eigenvalue weighted by molar-refractivity contribution is -0.117. The zero-order valence-corrected chi connectivity index (χ0v) is 12.7. The number of amides is 1. The van der Waals surface area contributed by atoms with Gasteiger partial charge in [0.25, 0.3) is 0 Å². The van der Waals surface area contributed by atoms with E-state index in [2.05, 4.69) is 26.6 Å². The quantitative estimate of drug-likeness (QED) is 0.889. The predicted molar refractivity (Wildman–Crippen MR) is 81.0 cm³/mol. The minimum absolute atomic E-state index is 0.123. The molecule has 2 aromatic carbocycles. The molecule has 1 unspecified atom stereocenters. The molecule has 21 heavy (non-hydrogen) atoms. The fourth-order valence-electron chi connectivity index (χ4n) is 2.27. The van der Waals surface area contributed by atoms with Crippen LogP contribution in [-0.2, 0) is 4.79 Å². The van der Waals surface area contributed by atoms with E-state index in [0.29, 0.717) is 15.9 Å². The largest absolute Gasteiger partial charge is 0.453 e. The van der Waals surface area contributed by atoms with Gasteiger partial charge in [0.2, 0.25) is 5.91 Å². The standard InChI is InChI=1S/C15H12BrFN2O2/c1-18-14-8-6-9(16)13(7-11(8)19-15(14)20)21-12-5-3-2-4-10(12)17/h2-7,14,18H,1H3,(H,19,20). The number of carbonyl (C=O) groups excluding carboxylic acids is 1. The van der Waals surface area contributed by atoms with Crippen molar-refractivity contribution >= 4 is 27.5 Å². The Balaban J connectivity index is 1.98. The van der Waals surface area contributed by atoms with E-state index in [1.807, 2.05) is 0 Å². The highest BCUT2D eigenvalue weighted by molar-refractivity contribution is 9.10. The Labute approximate surface area is 129 Å². The van der Waals surface area contributed by atoms with Gasteiger partial charge in [-0.05, 0) is 41.2 Å². The molecule has 0 saturated heterocycles. The molecular formula is C15H12BrFN2O2. The Morgan fingerprint density at radius 2 is 2.05 bits per heavy atom. The summed E-state index contributed by atoms with van der Waals surface area (Å²) < 4.78 is 19.9. The third-order valence-corrected chi connectivity index (χ3v) is 3.90. The maximum absolute atomic E-state index is 13.6. The van der Waals surface area contributed by atoms with Crippen LogP contribution >= 0.6 is 15.9 Å². The number of anilines is 1. The summed E-state index contributed by atoms with van der Waals surface area (Å²) in [5.74, 6) is 0.00743. The number of halogens is 2. The molecule has 1 atom stereocenters. The SMILES string of the molecule is CNC1C(=O)Nc2cc(Oc3ccccc3F)c(Br)cc21. The van der Waals surface area contributed by atoms with E-state index in [9.17, 15) is 9.18 Å². The van der Waals surface area contributed by atoms with Crippen LogP contribution in [0.15, 0.2) is 40.9 Å². The molecule has 1 aliphatic rings. The molecule has 1 aliphatic heterocycles. The predicted octanol–water partition coefficient (Wildman–Crippen LogP) is 3.59. The van der Waals surface area contributed by atoms with Crippen LogP contribution in [0.4, 0.5) is 10.1 Å². The van der Waals surface area contributed by atoms with Gasteiger partial charge in [0, 0.05) is 17.3 Å². The molecule has 0 fully saturated rings. The van der Waals surface area contributed by atoms with Gasteiger partial charge in [-0.15, -0.1) is 0 Å². The zero-order chi connectivity index (χ0) is 15.0. The topological polar surface area (TPSA) is 50.4 Å². The van der Waals surface area contributed by atoms with Crippen LogP contribution in [-0.4, -0.2) is 13.0 Å². The maximum Gasteiger partial charge on any atom is 0.246 e. The average Bonchev–Trinajstić information content (AvgIpc) is 2.76. The second-order valence-corrected chi connectivity index (χ2v) is 5.47. The van der Waals surface area contributed by atoms with E-state index in [-0.39, 0.29) is 17.7 Å². The summed E-state index contributed by atoms with van der Waals surface area (Å²) in [6.45, 7) is 0. The lowest BCUT2D eigenvalue weighted by Crippen LogP contribution is -2.23. The minimum atomic E-state index is -0.443. The fraction of sp³-hybridized carbons (Fsp3) is 0.133. The Bertz CT molecular complexity index is 721. The first-order valence-electron chi connectivity index (χ1n) is 6.34. The minimum Gasteiger partial charge on any atom is -0.453 e. The molecule has 1 amide bonds. The van der Waals surface area contributed by atoms with Crippen molar-refractivity contribution in [2.24, 2.45) is 0 Å². The number of benzene rings is 2. The molecule has 6 heteroatoms. The van der Waals surface area contributed by atoms with Crippen LogP contribution in [0.2, 0.25) is 0 Å². The van der Waals surface area contributed by atoms with E-state index in [4.69, 9.17) is 4.74 Å². The lowest BCUT2D eigenvalue weighted by Gasteiger charge is -2.12. The van der Waals surface area contributed by atoms with Crippen molar-refractivity contribution in [1.82, 2.24) is 5.32 Å². The highest BCUT2D eigenvalue weighted by Crippen LogP contribution is 2.40. The van der Waals surface area contributed by atoms with E-state index in [1.165, 1.54) is 6.07 Å². The molecule has 2 N–H and O–H groups in total. The van der Waals surface area contributed by atoms with E-state index in [1.54, 1.807) is 37.4 Å². The summed E-state index contributed by atoms with van der Waals surface area (Å²) in [5.41, 5.74) is 1.49. The number of rotatable bonds is 3. The zero-order valence-electron chi connectivity index (χ0n) is 11.1. The van der Waals surface area contributed by atoms with Gasteiger partial charge < -0.3 is 15.4 Å². The third kappa shape index (κ3) is 2.52. The molecule has 1 heterocycles. The van der Waals surface area contributed by atoms with Crippen molar-refractivity contribution < 1.29 is 13.9 Å². The summed E-state index contributed by atoms with van der Waals surface area (Å²) in [4.78, 5) is 11.8. The van der Waals surface area contributed by atoms with Gasteiger partial charge in [-0.1, -0.05) is 12.1 Å². The van der Waals surface area contributed by atoms with Gasteiger partial charge >= 0.3 is 0 Å². The first-order chi connectivity index (χ1) is 10.1. The molecule has 3 rings (SSSR count). The van der Waals surface area contributed by atoms with Gasteiger partial charge in [0.1, 0.15) is 11.8 Å². The first-order valence-corrected chi connectivity index (χ1v) is 7.13. The van der Waals surface area contributed by atoms with Crippen molar-refractivity contribution in [3.8, 4) is 11.5 Å². The van der Waals surface area contributed by atoms with Crippen molar-refractivity contribution in [3.63, 3.8) is 0 Å². The Hall–Kier alpha value is -1.92. The second-order valence-electron chi connectivity index (χ2n) is 4.61. The van der Waals surface area contributed by atoms with Crippen molar-refractivity contribution in [3.05, 3.63) is 52.3 Å². The summed E-state index contributed by atoms with van der Waals surface area (Å²) in [6, 6.07) is 9.25. The van der Waals surface area contributed by atoms with Crippen LogP contribution < -0.4 is 15.4 Å². The van der Waals surface area contributed by atoms with Gasteiger partial charge in [0.05, 0.1) is 4.47 Å². The average molecular weight is 351 g/mol. The van der Waals surface area contributed by atoms with Crippen LogP contribution in [0, 0.1) is 5.82 Å². The molecule has 0 radical (unpaired) electrons. The number of para-hydroxylation sites is 1. The third-order valence-electron chi connectivity index (χ3n) is 3.28. The molecular weight excluding hydrogens is 339 g/mol. The Morgan fingerprint density at radius 3 is 2.76 bits per heavy atom. The van der Waals surface area contributed by atoms with Gasteiger partial charge in [-0.3, -0.25) is 4.79 Å².